The molecule has 0 aliphatic carbocycles. The predicted molar refractivity (Wildman–Crippen MR) is 59.4 cm³/mol. The topological polar surface area (TPSA) is 34.1 Å². The number of ether oxygens (including phenoxy) is 1. The van der Waals surface area contributed by atoms with Crippen LogP contribution >= 0.6 is 11.3 Å². The molecule has 4 heteroatoms. The molecule has 0 aliphatic heterocycles. The number of hydrogen-bond donors (Lipinski definition) is 1. The van der Waals surface area contributed by atoms with Gasteiger partial charge in [-0.15, -0.1) is 11.3 Å². The summed E-state index contributed by atoms with van der Waals surface area (Å²) in [7, 11) is 1.69. The molecule has 1 rings (SSSR count). The fourth-order valence-corrected chi connectivity index (χ4v) is 1.70. The van der Waals surface area contributed by atoms with E-state index in [0.717, 1.165) is 17.2 Å². The zero-order valence-corrected chi connectivity index (χ0v) is 10.1. The lowest BCUT2D eigenvalue weighted by Crippen LogP contribution is -2.35. The molecule has 0 atom stereocenters. The highest BCUT2D eigenvalue weighted by atomic mass is 32.1. The number of thiazole rings is 1. The van der Waals surface area contributed by atoms with Crippen LogP contribution in [0.3, 0.4) is 0 Å². The van der Waals surface area contributed by atoms with Crippen LogP contribution in [0.5, 0.6) is 0 Å². The van der Waals surface area contributed by atoms with Gasteiger partial charge in [-0.05, 0) is 20.8 Å². The smallest absolute Gasteiger partial charge is 0.107 e. The van der Waals surface area contributed by atoms with E-state index in [0.29, 0.717) is 6.61 Å². The molecule has 80 valence electrons. The van der Waals surface area contributed by atoms with Crippen molar-refractivity contribution in [2.45, 2.75) is 39.5 Å². The first kappa shape index (κ1) is 11.6. The van der Waals surface area contributed by atoms with E-state index in [1.54, 1.807) is 18.4 Å². The second-order valence-electron chi connectivity index (χ2n) is 4.27. The molecule has 0 radical (unpaired) electrons. The highest BCUT2D eigenvalue weighted by molar-refractivity contribution is 7.09. The van der Waals surface area contributed by atoms with E-state index in [-0.39, 0.29) is 5.54 Å². The molecule has 0 saturated carbocycles. The van der Waals surface area contributed by atoms with Crippen molar-refractivity contribution in [2.75, 3.05) is 7.11 Å². The second-order valence-corrected chi connectivity index (χ2v) is 5.21. The summed E-state index contributed by atoms with van der Waals surface area (Å²) < 4.78 is 5.01. The molecule has 0 aliphatic rings. The lowest BCUT2D eigenvalue weighted by molar-refractivity contribution is 0.182. The predicted octanol–water partition coefficient (Wildman–Crippen LogP) is 2.18. The Hall–Kier alpha value is -0.450. The van der Waals surface area contributed by atoms with Crippen molar-refractivity contribution in [2.24, 2.45) is 0 Å². The second kappa shape index (κ2) is 4.87. The van der Waals surface area contributed by atoms with Gasteiger partial charge in [0.25, 0.3) is 0 Å². The first-order chi connectivity index (χ1) is 6.51. The van der Waals surface area contributed by atoms with E-state index in [2.05, 4.69) is 31.1 Å². The van der Waals surface area contributed by atoms with Gasteiger partial charge < -0.3 is 10.1 Å². The van der Waals surface area contributed by atoms with Crippen LogP contribution in [0.4, 0.5) is 0 Å². The van der Waals surface area contributed by atoms with E-state index in [9.17, 15) is 0 Å². The van der Waals surface area contributed by atoms with Crippen molar-refractivity contribution in [1.82, 2.24) is 10.3 Å². The first-order valence-electron chi connectivity index (χ1n) is 4.68. The highest BCUT2D eigenvalue weighted by Crippen LogP contribution is 2.11. The van der Waals surface area contributed by atoms with Gasteiger partial charge in [0, 0.05) is 24.6 Å². The zero-order valence-electron chi connectivity index (χ0n) is 9.26. The number of hydrogen-bond acceptors (Lipinski definition) is 4. The van der Waals surface area contributed by atoms with Gasteiger partial charge in [0.1, 0.15) is 5.01 Å². The van der Waals surface area contributed by atoms with Gasteiger partial charge in [0.05, 0.1) is 12.3 Å². The van der Waals surface area contributed by atoms with Gasteiger partial charge in [-0.1, -0.05) is 0 Å². The number of aromatic nitrogens is 1. The van der Waals surface area contributed by atoms with E-state index >= 15 is 0 Å². The van der Waals surface area contributed by atoms with Gasteiger partial charge in [-0.2, -0.15) is 0 Å². The summed E-state index contributed by atoms with van der Waals surface area (Å²) >= 11 is 1.68. The Morgan fingerprint density at radius 3 is 2.79 bits per heavy atom. The number of nitrogens with zero attached hydrogens (tertiary/aromatic N) is 1. The van der Waals surface area contributed by atoms with Crippen molar-refractivity contribution in [3.8, 4) is 0 Å². The molecule has 3 nitrogen and oxygen atoms in total. The largest absolute Gasteiger partial charge is 0.378 e. The Labute approximate surface area is 89.5 Å². The van der Waals surface area contributed by atoms with Gasteiger partial charge in [0.2, 0.25) is 0 Å². The van der Waals surface area contributed by atoms with Crippen molar-refractivity contribution < 1.29 is 4.74 Å². The van der Waals surface area contributed by atoms with Crippen molar-refractivity contribution >= 4 is 11.3 Å². The first-order valence-corrected chi connectivity index (χ1v) is 5.56. The molecule has 0 fully saturated rings. The molecule has 0 amide bonds. The van der Waals surface area contributed by atoms with Gasteiger partial charge in [-0.25, -0.2) is 4.98 Å². The Kier molecular flexibility index (Phi) is 4.04. The van der Waals surface area contributed by atoms with Crippen molar-refractivity contribution in [3.63, 3.8) is 0 Å². The maximum atomic E-state index is 5.01. The summed E-state index contributed by atoms with van der Waals surface area (Å²) in [6.07, 6.45) is 0. The Morgan fingerprint density at radius 2 is 2.21 bits per heavy atom. The third-order valence-electron chi connectivity index (χ3n) is 1.66. The lowest BCUT2D eigenvalue weighted by atomic mass is 10.1. The summed E-state index contributed by atoms with van der Waals surface area (Å²) in [4.78, 5) is 4.43. The highest BCUT2D eigenvalue weighted by Gasteiger charge is 2.09. The van der Waals surface area contributed by atoms with Crippen LogP contribution in [0.25, 0.3) is 0 Å². The standard InChI is InChI=1S/C10H18N2OS/c1-10(2,3)11-5-9-12-8(6-13-4)7-14-9/h7,11H,5-6H2,1-4H3. The molecule has 1 aromatic rings. The fraction of sp³-hybridized carbons (Fsp3) is 0.700. The molecule has 0 saturated heterocycles. The van der Waals surface area contributed by atoms with Crippen LogP contribution in [0, 0.1) is 0 Å². The third-order valence-corrected chi connectivity index (χ3v) is 2.56. The number of rotatable bonds is 4. The van der Waals surface area contributed by atoms with Gasteiger partial charge in [-0.3, -0.25) is 0 Å². The average Bonchev–Trinajstić information content (AvgIpc) is 2.49. The molecule has 1 N–H and O–H groups in total. The van der Waals surface area contributed by atoms with Crippen LogP contribution in [0.15, 0.2) is 5.38 Å². The maximum absolute atomic E-state index is 5.01. The van der Waals surface area contributed by atoms with E-state index < -0.39 is 0 Å². The van der Waals surface area contributed by atoms with Crippen LogP contribution in [-0.4, -0.2) is 17.6 Å². The molecule has 1 heterocycles. The summed E-state index contributed by atoms with van der Waals surface area (Å²) in [6.45, 7) is 7.88. The van der Waals surface area contributed by atoms with Crippen LogP contribution in [0.2, 0.25) is 0 Å². The van der Waals surface area contributed by atoms with Gasteiger partial charge >= 0.3 is 0 Å². The SMILES string of the molecule is COCc1csc(CNC(C)(C)C)n1. The average molecular weight is 214 g/mol. The zero-order chi connectivity index (χ0) is 10.6. The third kappa shape index (κ3) is 4.17. The maximum Gasteiger partial charge on any atom is 0.107 e. The van der Waals surface area contributed by atoms with Gasteiger partial charge in [0.15, 0.2) is 0 Å². The summed E-state index contributed by atoms with van der Waals surface area (Å²) in [6, 6.07) is 0. The minimum Gasteiger partial charge on any atom is -0.378 e. The monoisotopic (exact) mass is 214 g/mol. The van der Waals surface area contributed by atoms with E-state index in [4.69, 9.17) is 4.74 Å². The summed E-state index contributed by atoms with van der Waals surface area (Å²) in [5.41, 5.74) is 1.16. The molecule has 1 aromatic heterocycles. The number of methoxy groups -OCH3 is 1. The molecule has 14 heavy (non-hydrogen) atoms. The number of nitrogens with one attached hydrogen (secondary N) is 1. The quantitative estimate of drug-likeness (QED) is 0.834. The molecule has 0 unspecified atom stereocenters. The van der Waals surface area contributed by atoms with E-state index in [1.807, 2.05) is 5.38 Å². The van der Waals surface area contributed by atoms with Crippen LogP contribution < -0.4 is 5.32 Å². The normalized spacial score (nSPS) is 12.0. The summed E-state index contributed by atoms with van der Waals surface area (Å²) in [5, 5.41) is 6.56. The molecule has 0 aromatic carbocycles. The van der Waals surface area contributed by atoms with Crippen molar-refractivity contribution in [3.05, 3.63) is 16.1 Å². The molecule has 0 spiro atoms. The van der Waals surface area contributed by atoms with Crippen molar-refractivity contribution in [1.29, 1.82) is 0 Å². The Balaban J connectivity index is 2.44. The minimum atomic E-state index is 0.146. The fourth-order valence-electron chi connectivity index (χ4n) is 0.985. The Morgan fingerprint density at radius 1 is 1.50 bits per heavy atom. The van der Waals surface area contributed by atoms with E-state index in [1.165, 1.54) is 0 Å². The molecular weight excluding hydrogens is 196 g/mol. The lowest BCUT2D eigenvalue weighted by Gasteiger charge is -2.19. The Bertz CT molecular complexity index is 278. The van der Waals surface area contributed by atoms with Crippen LogP contribution in [0.1, 0.15) is 31.5 Å². The molecular formula is C10H18N2OS. The molecule has 0 bridgehead atoms. The van der Waals surface area contributed by atoms with Crippen LogP contribution in [-0.2, 0) is 17.9 Å². The minimum absolute atomic E-state index is 0.146. The summed E-state index contributed by atoms with van der Waals surface area (Å²) in [5.74, 6) is 0.